The maximum Gasteiger partial charge on any atom is 0.0448 e. The van der Waals surface area contributed by atoms with Crippen molar-refractivity contribution in [2.45, 2.75) is 42.4 Å². The lowest BCUT2D eigenvalue weighted by Gasteiger charge is -2.27. The monoisotopic (exact) mass is 251 g/mol. The van der Waals surface area contributed by atoms with Crippen molar-refractivity contribution >= 4 is 11.8 Å². The molecule has 0 saturated heterocycles. The summed E-state index contributed by atoms with van der Waals surface area (Å²) in [4.78, 5) is 1.43. The van der Waals surface area contributed by atoms with E-state index in [1.54, 1.807) is 0 Å². The molecule has 0 bridgehead atoms. The van der Waals surface area contributed by atoms with Crippen LogP contribution in [0.5, 0.6) is 0 Å². The van der Waals surface area contributed by atoms with Gasteiger partial charge < -0.3 is 10.4 Å². The summed E-state index contributed by atoms with van der Waals surface area (Å²) in [5.41, 5.74) is 1.51. The van der Waals surface area contributed by atoms with Crippen LogP contribution in [0.15, 0.2) is 29.2 Å². The van der Waals surface area contributed by atoms with Gasteiger partial charge in [0.05, 0.1) is 0 Å². The van der Waals surface area contributed by atoms with E-state index in [0.29, 0.717) is 5.25 Å². The lowest BCUT2D eigenvalue weighted by molar-refractivity contribution is 0.231. The van der Waals surface area contributed by atoms with Gasteiger partial charge in [0.2, 0.25) is 0 Å². The standard InChI is InChI=1S/C14H21NOS/c1-14(2,7-8-16)15-10-12-9-11-5-3-4-6-13(11)17-12/h3-6,12,15-16H,7-10H2,1-2H3. The molecule has 1 unspecified atom stereocenters. The van der Waals surface area contributed by atoms with Gasteiger partial charge in [0.15, 0.2) is 0 Å². The highest BCUT2D eigenvalue weighted by atomic mass is 32.2. The Labute approximate surface area is 108 Å². The molecule has 1 atom stereocenters. The van der Waals surface area contributed by atoms with Crippen LogP contribution in [-0.4, -0.2) is 29.0 Å². The summed E-state index contributed by atoms with van der Waals surface area (Å²) in [5.74, 6) is 0. The molecule has 0 spiro atoms. The molecular weight excluding hydrogens is 230 g/mol. The van der Waals surface area contributed by atoms with Crippen LogP contribution in [0.4, 0.5) is 0 Å². The molecule has 0 aromatic heterocycles. The van der Waals surface area contributed by atoms with E-state index in [1.165, 1.54) is 10.5 Å². The summed E-state index contributed by atoms with van der Waals surface area (Å²) in [6, 6.07) is 8.66. The molecule has 0 radical (unpaired) electrons. The topological polar surface area (TPSA) is 32.3 Å². The molecule has 1 heterocycles. The average Bonchev–Trinajstić information content (AvgIpc) is 2.69. The van der Waals surface area contributed by atoms with Crippen molar-refractivity contribution in [2.24, 2.45) is 0 Å². The zero-order valence-corrected chi connectivity index (χ0v) is 11.4. The summed E-state index contributed by atoms with van der Waals surface area (Å²) in [5, 5.41) is 13.2. The minimum Gasteiger partial charge on any atom is -0.396 e. The van der Waals surface area contributed by atoms with Gasteiger partial charge in [-0.25, -0.2) is 0 Å². The molecular formula is C14H21NOS. The molecule has 1 aromatic carbocycles. The molecule has 0 saturated carbocycles. The Hall–Kier alpha value is -0.510. The number of fused-ring (bicyclic) bond motifs is 1. The molecule has 3 heteroatoms. The van der Waals surface area contributed by atoms with Gasteiger partial charge in [0.1, 0.15) is 0 Å². The highest BCUT2D eigenvalue weighted by Crippen LogP contribution is 2.36. The van der Waals surface area contributed by atoms with Crippen molar-refractivity contribution in [3.05, 3.63) is 29.8 Å². The van der Waals surface area contributed by atoms with Crippen LogP contribution < -0.4 is 5.32 Å². The maximum absolute atomic E-state index is 8.99. The zero-order valence-electron chi connectivity index (χ0n) is 10.6. The molecule has 0 fully saturated rings. The van der Waals surface area contributed by atoms with Gasteiger partial charge in [0.25, 0.3) is 0 Å². The van der Waals surface area contributed by atoms with Crippen molar-refractivity contribution in [3.8, 4) is 0 Å². The van der Waals surface area contributed by atoms with Crippen LogP contribution in [0.1, 0.15) is 25.8 Å². The number of benzene rings is 1. The van der Waals surface area contributed by atoms with E-state index in [1.807, 2.05) is 11.8 Å². The Morgan fingerprint density at radius 2 is 2.18 bits per heavy atom. The molecule has 1 aliphatic rings. The van der Waals surface area contributed by atoms with E-state index in [-0.39, 0.29) is 12.1 Å². The van der Waals surface area contributed by atoms with E-state index < -0.39 is 0 Å². The van der Waals surface area contributed by atoms with Crippen molar-refractivity contribution in [1.82, 2.24) is 5.32 Å². The normalized spacial score (nSPS) is 19.4. The number of thioether (sulfide) groups is 1. The molecule has 2 rings (SSSR count). The van der Waals surface area contributed by atoms with Crippen molar-refractivity contribution in [2.75, 3.05) is 13.2 Å². The summed E-state index contributed by atoms with van der Waals surface area (Å²) >= 11 is 1.97. The van der Waals surface area contributed by atoms with Gasteiger partial charge in [-0.05, 0) is 38.3 Å². The first kappa shape index (κ1) is 12.9. The predicted molar refractivity (Wildman–Crippen MR) is 73.6 cm³/mol. The number of hydrogen-bond donors (Lipinski definition) is 2. The lowest BCUT2D eigenvalue weighted by atomic mass is 10.0. The molecule has 0 amide bonds. The molecule has 17 heavy (non-hydrogen) atoms. The Kier molecular flexibility index (Phi) is 4.13. The Morgan fingerprint density at radius 3 is 2.88 bits per heavy atom. The number of aliphatic hydroxyl groups excluding tert-OH is 1. The third kappa shape index (κ3) is 3.47. The first-order valence-corrected chi connectivity index (χ1v) is 7.09. The fraction of sp³-hybridized carbons (Fsp3) is 0.571. The van der Waals surface area contributed by atoms with Crippen molar-refractivity contribution in [3.63, 3.8) is 0 Å². The molecule has 0 aliphatic carbocycles. The highest BCUT2D eigenvalue weighted by Gasteiger charge is 2.24. The van der Waals surface area contributed by atoms with E-state index in [2.05, 4.69) is 43.4 Å². The summed E-state index contributed by atoms with van der Waals surface area (Å²) < 4.78 is 0. The quantitative estimate of drug-likeness (QED) is 0.843. The molecule has 94 valence electrons. The van der Waals surface area contributed by atoms with Gasteiger partial charge in [-0.1, -0.05) is 18.2 Å². The molecule has 2 nitrogen and oxygen atoms in total. The smallest absolute Gasteiger partial charge is 0.0448 e. The van der Waals surface area contributed by atoms with Crippen LogP contribution >= 0.6 is 11.8 Å². The van der Waals surface area contributed by atoms with E-state index >= 15 is 0 Å². The van der Waals surface area contributed by atoms with Gasteiger partial charge in [0, 0.05) is 28.8 Å². The van der Waals surface area contributed by atoms with Gasteiger partial charge >= 0.3 is 0 Å². The second-order valence-corrected chi connectivity index (χ2v) is 6.63. The van der Waals surface area contributed by atoms with Crippen LogP contribution in [0.3, 0.4) is 0 Å². The summed E-state index contributed by atoms with van der Waals surface area (Å²) in [6.45, 7) is 5.55. The maximum atomic E-state index is 8.99. The van der Waals surface area contributed by atoms with E-state index in [9.17, 15) is 0 Å². The molecule has 1 aromatic rings. The summed E-state index contributed by atoms with van der Waals surface area (Å²) in [6.07, 6.45) is 1.96. The Balaban J connectivity index is 1.84. The first-order valence-electron chi connectivity index (χ1n) is 6.21. The third-order valence-corrected chi connectivity index (χ3v) is 4.58. The fourth-order valence-corrected chi connectivity index (χ4v) is 3.37. The Bertz CT molecular complexity index is 353. The van der Waals surface area contributed by atoms with Gasteiger partial charge in [-0.2, -0.15) is 0 Å². The largest absolute Gasteiger partial charge is 0.396 e. The van der Waals surface area contributed by atoms with E-state index in [4.69, 9.17) is 5.11 Å². The van der Waals surface area contributed by atoms with Crippen LogP contribution in [-0.2, 0) is 6.42 Å². The predicted octanol–water partition coefficient (Wildman–Crippen LogP) is 2.45. The SMILES string of the molecule is CC(C)(CCO)NCC1Cc2ccccc2S1. The number of nitrogens with one attached hydrogen (secondary N) is 1. The van der Waals surface area contributed by atoms with Crippen molar-refractivity contribution < 1.29 is 5.11 Å². The van der Waals surface area contributed by atoms with Crippen LogP contribution in [0.2, 0.25) is 0 Å². The second kappa shape index (κ2) is 5.42. The highest BCUT2D eigenvalue weighted by molar-refractivity contribution is 8.00. The Morgan fingerprint density at radius 1 is 1.41 bits per heavy atom. The number of rotatable bonds is 5. The minimum absolute atomic E-state index is 0.0318. The third-order valence-electron chi connectivity index (χ3n) is 3.26. The lowest BCUT2D eigenvalue weighted by Crippen LogP contribution is -2.43. The van der Waals surface area contributed by atoms with Crippen LogP contribution in [0, 0.1) is 0 Å². The number of aliphatic hydroxyl groups is 1. The van der Waals surface area contributed by atoms with Crippen molar-refractivity contribution in [1.29, 1.82) is 0 Å². The minimum atomic E-state index is 0.0318. The zero-order chi connectivity index (χ0) is 12.3. The average molecular weight is 251 g/mol. The van der Waals surface area contributed by atoms with Gasteiger partial charge in [-0.3, -0.25) is 0 Å². The van der Waals surface area contributed by atoms with Crippen LogP contribution in [0.25, 0.3) is 0 Å². The second-order valence-electron chi connectivity index (χ2n) is 5.29. The first-order chi connectivity index (χ1) is 8.11. The summed E-state index contributed by atoms with van der Waals surface area (Å²) in [7, 11) is 0. The van der Waals surface area contributed by atoms with Gasteiger partial charge in [-0.15, -0.1) is 11.8 Å². The number of hydrogen-bond acceptors (Lipinski definition) is 3. The van der Waals surface area contributed by atoms with E-state index in [0.717, 1.165) is 19.4 Å². The fourth-order valence-electron chi connectivity index (χ4n) is 2.13. The molecule has 1 aliphatic heterocycles. The molecule has 2 N–H and O–H groups in total.